The van der Waals surface area contributed by atoms with E-state index in [4.69, 9.17) is 0 Å². The molecule has 0 aromatic heterocycles. The van der Waals surface area contributed by atoms with Gasteiger partial charge in [0, 0.05) is 25.5 Å². The smallest absolute Gasteiger partial charge is 0.185 e. The van der Waals surface area contributed by atoms with Gasteiger partial charge in [0.25, 0.3) is 0 Å². The van der Waals surface area contributed by atoms with Crippen LogP contribution in [0.1, 0.15) is 13.8 Å². The summed E-state index contributed by atoms with van der Waals surface area (Å²) in [4.78, 5) is 2.03. The fourth-order valence-electron chi connectivity index (χ4n) is 1.98. The Kier molecular flexibility index (Phi) is 4.20. The molecule has 1 atom stereocenters. The molecule has 1 aliphatic heterocycles. The van der Waals surface area contributed by atoms with Crippen LogP contribution in [-0.4, -0.2) is 30.5 Å². The molecule has 0 fully saturated rings. The van der Waals surface area contributed by atoms with Gasteiger partial charge in [0.15, 0.2) is 6.17 Å². The number of allylic oxidation sites excluding steroid dienone is 3. The van der Waals surface area contributed by atoms with Crippen LogP contribution in [0.25, 0.3) is 0 Å². The number of azo groups is 1. The van der Waals surface area contributed by atoms with E-state index in [1.54, 1.807) is 0 Å². The van der Waals surface area contributed by atoms with Crippen LogP contribution in [0.4, 0.5) is 11.4 Å². The highest BCUT2D eigenvalue weighted by molar-refractivity contribution is 5.51. The Morgan fingerprint density at radius 1 is 1.15 bits per heavy atom. The highest BCUT2D eigenvalue weighted by Crippen LogP contribution is 2.22. The largest absolute Gasteiger partial charge is 0.378 e. The van der Waals surface area contributed by atoms with Crippen molar-refractivity contribution in [2.45, 2.75) is 20.0 Å². The van der Waals surface area contributed by atoms with Gasteiger partial charge in [-0.05, 0) is 55.8 Å². The van der Waals surface area contributed by atoms with E-state index in [9.17, 15) is 5.21 Å². The van der Waals surface area contributed by atoms with E-state index in [2.05, 4.69) is 10.2 Å². The first-order chi connectivity index (χ1) is 9.47. The number of hydrogen-bond donors (Lipinski definition) is 1. The third-order valence-corrected chi connectivity index (χ3v) is 3.12. The summed E-state index contributed by atoms with van der Waals surface area (Å²) in [5, 5.41) is 19.4. The van der Waals surface area contributed by atoms with E-state index in [-0.39, 0.29) is 0 Å². The Bertz CT molecular complexity index is 558. The van der Waals surface area contributed by atoms with Crippen molar-refractivity contribution in [1.82, 2.24) is 5.06 Å². The van der Waals surface area contributed by atoms with Gasteiger partial charge < -0.3 is 4.90 Å². The van der Waals surface area contributed by atoms with Crippen molar-refractivity contribution in [3.8, 4) is 0 Å². The first kappa shape index (κ1) is 14.3. The molecule has 0 bridgehead atoms. The number of benzene rings is 1. The lowest BCUT2D eigenvalue weighted by atomic mass is 10.1. The SMILES string of the molecule is CC1=CC(N=Nc2ccc(N(C)C)cc2)N(O)C(C)=C1. The summed E-state index contributed by atoms with van der Waals surface area (Å²) < 4.78 is 0. The number of hydrogen-bond acceptors (Lipinski definition) is 5. The highest BCUT2D eigenvalue weighted by Gasteiger charge is 2.17. The topological polar surface area (TPSA) is 51.4 Å². The van der Waals surface area contributed by atoms with E-state index in [0.717, 1.165) is 27.7 Å². The van der Waals surface area contributed by atoms with Crippen LogP contribution in [0, 0.1) is 0 Å². The molecule has 0 amide bonds. The minimum absolute atomic E-state index is 0.464. The summed E-state index contributed by atoms with van der Waals surface area (Å²) in [6, 6.07) is 7.78. The van der Waals surface area contributed by atoms with Gasteiger partial charge in [-0.15, -0.1) is 0 Å². The van der Waals surface area contributed by atoms with Crippen molar-refractivity contribution in [2.75, 3.05) is 19.0 Å². The molecule has 0 saturated carbocycles. The van der Waals surface area contributed by atoms with Gasteiger partial charge in [-0.2, -0.15) is 10.2 Å². The van der Waals surface area contributed by atoms with Gasteiger partial charge in [0.05, 0.1) is 5.69 Å². The van der Waals surface area contributed by atoms with Crippen LogP contribution in [0.3, 0.4) is 0 Å². The molecule has 106 valence electrons. The zero-order valence-corrected chi connectivity index (χ0v) is 12.3. The minimum Gasteiger partial charge on any atom is -0.378 e. The summed E-state index contributed by atoms with van der Waals surface area (Å²) >= 11 is 0. The molecule has 0 spiro atoms. The van der Waals surface area contributed by atoms with E-state index >= 15 is 0 Å². The molecule has 20 heavy (non-hydrogen) atoms. The minimum atomic E-state index is -0.464. The van der Waals surface area contributed by atoms with Crippen molar-refractivity contribution in [3.05, 3.63) is 47.7 Å². The molecule has 0 radical (unpaired) electrons. The molecule has 1 heterocycles. The fraction of sp³-hybridized carbons (Fsp3) is 0.333. The van der Waals surface area contributed by atoms with Gasteiger partial charge in [0.2, 0.25) is 0 Å². The van der Waals surface area contributed by atoms with Crippen LogP contribution in [-0.2, 0) is 0 Å². The number of rotatable bonds is 3. The van der Waals surface area contributed by atoms with E-state index in [1.165, 1.54) is 0 Å². The van der Waals surface area contributed by atoms with Crippen LogP contribution in [0.15, 0.2) is 57.9 Å². The van der Waals surface area contributed by atoms with E-state index in [1.807, 2.05) is 69.3 Å². The molecule has 5 nitrogen and oxygen atoms in total. The Labute approximate surface area is 119 Å². The molecule has 1 unspecified atom stereocenters. The van der Waals surface area contributed by atoms with Gasteiger partial charge >= 0.3 is 0 Å². The number of nitrogens with zero attached hydrogens (tertiary/aromatic N) is 4. The average Bonchev–Trinajstić information content (AvgIpc) is 2.41. The standard InChI is InChI=1S/C15H20N4O/c1-11-9-12(2)19(20)15(10-11)17-16-13-5-7-14(8-6-13)18(3)4/h5-10,15,20H,1-4H3. The summed E-state index contributed by atoms with van der Waals surface area (Å²) in [5.41, 5.74) is 3.71. The van der Waals surface area contributed by atoms with Crippen LogP contribution < -0.4 is 4.90 Å². The van der Waals surface area contributed by atoms with Crippen molar-refractivity contribution < 1.29 is 5.21 Å². The second-order valence-electron chi connectivity index (χ2n) is 5.08. The quantitative estimate of drug-likeness (QED) is 0.853. The molecule has 1 aromatic rings. The predicted molar refractivity (Wildman–Crippen MR) is 80.2 cm³/mol. The Morgan fingerprint density at radius 3 is 2.40 bits per heavy atom. The molecular formula is C15H20N4O. The average molecular weight is 272 g/mol. The lowest BCUT2D eigenvalue weighted by Gasteiger charge is -2.25. The van der Waals surface area contributed by atoms with Gasteiger partial charge in [-0.3, -0.25) is 5.21 Å². The van der Waals surface area contributed by atoms with Gasteiger partial charge in [0.1, 0.15) is 0 Å². The maximum atomic E-state index is 9.91. The Morgan fingerprint density at radius 2 is 1.80 bits per heavy atom. The molecular weight excluding hydrogens is 252 g/mol. The molecule has 1 N–H and O–H groups in total. The third-order valence-electron chi connectivity index (χ3n) is 3.12. The van der Waals surface area contributed by atoms with Crippen molar-refractivity contribution in [1.29, 1.82) is 0 Å². The van der Waals surface area contributed by atoms with Gasteiger partial charge in [-0.25, -0.2) is 5.06 Å². The Balaban J connectivity index is 2.11. The second-order valence-corrected chi connectivity index (χ2v) is 5.08. The highest BCUT2D eigenvalue weighted by atomic mass is 16.5. The second kappa shape index (κ2) is 5.88. The van der Waals surface area contributed by atoms with Gasteiger partial charge in [-0.1, -0.05) is 0 Å². The summed E-state index contributed by atoms with van der Waals surface area (Å²) in [7, 11) is 3.98. The molecule has 5 heteroatoms. The van der Waals surface area contributed by atoms with Crippen LogP contribution in [0.5, 0.6) is 0 Å². The Hall–Kier alpha value is -2.14. The molecule has 0 saturated heterocycles. The number of anilines is 1. The fourth-order valence-corrected chi connectivity index (χ4v) is 1.98. The van der Waals surface area contributed by atoms with Crippen molar-refractivity contribution >= 4 is 11.4 Å². The zero-order chi connectivity index (χ0) is 14.7. The lowest BCUT2D eigenvalue weighted by molar-refractivity contribution is -0.0793. The first-order valence-electron chi connectivity index (χ1n) is 6.50. The van der Waals surface area contributed by atoms with Crippen LogP contribution in [0.2, 0.25) is 0 Å². The number of hydroxylamine groups is 2. The predicted octanol–water partition coefficient (Wildman–Crippen LogP) is 3.72. The molecule has 1 aromatic carbocycles. The molecule has 1 aliphatic rings. The summed E-state index contributed by atoms with van der Waals surface area (Å²) in [6.07, 6.45) is 3.30. The maximum Gasteiger partial charge on any atom is 0.185 e. The third kappa shape index (κ3) is 3.24. The molecule has 2 rings (SSSR count). The van der Waals surface area contributed by atoms with Crippen LogP contribution >= 0.6 is 0 Å². The summed E-state index contributed by atoms with van der Waals surface area (Å²) in [5.74, 6) is 0. The lowest BCUT2D eigenvalue weighted by Crippen LogP contribution is -2.29. The normalized spacial score (nSPS) is 19.1. The van der Waals surface area contributed by atoms with Crippen molar-refractivity contribution in [3.63, 3.8) is 0 Å². The first-order valence-corrected chi connectivity index (χ1v) is 6.50. The van der Waals surface area contributed by atoms with E-state index < -0.39 is 6.17 Å². The van der Waals surface area contributed by atoms with Crippen molar-refractivity contribution in [2.24, 2.45) is 10.2 Å². The monoisotopic (exact) mass is 272 g/mol. The molecule has 0 aliphatic carbocycles. The van der Waals surface area contributed by atoms with E-state index in [0.29, 0.717) is 0 Å². The zero-order valence-electron chi connectivity index (χ0n) is 12.3. The summed E-state index contributed by atoms with van der Waals surface area (Å²) in [6.45, 7) is 3.82. The maximum absolute atomic E-state index is 9.91.